The quantitative estimate of drug-likeness (QED) is 0.664. The summed E-state index contributed by atoms with van der Waals surface area (Å²) in [5.41, 5.74) is 6.40. The van der Waals surface area contributed by atoms with Gasteiger partial charge in [-0.3, -0.25) is 4.79 Å². The first-order valence-corrected chi connectivity index (χ1v) is 8.76. The lowest BCUT2D eigenvalue weighted by atomic mass is 10.0. The zero-order valence-electron chi connectivity index (χ0n) is 12.2. The molecule has 0 bridgehead atoms. The molecule has 1 atom stereocenters. The average Bonchev–Trinajstić information content (AvgIpc) is 2.78. The summed E-state index contributed by atoms with van der Waals surface area (Å²) in [7, 11) is 0.927. The largest absolute Gasteiger partial charge is 0.321 e. The van der Waals surface area contributed by atoms with Crippen LogP contribution < -0.4 is 5.32 Å². The second-order valence-corrected chi connectivity index (χ2v) is 6.33. The summed E-state index contributed by atoms with van der Waals surface area (Å²) in [5, 5.41) is 2.91. The van der Waals surface area contributed by atoms with E-state index < -0.39 is 0 Å². The van der Waals surface area contributed by atoms with Gasteiger partial charge in [0.05, 0.1) is 0 Å². The van der Waals surface area contributed by atoms with Crippen molar-refractivity contribution in [3.8, 4) is 0 Å². The van der Waals surface area contributed by atoms with Crippen molar-refractivity contribution in [1.82, 2.24) is 0 Å². The Hall–Kier alpha value is -1.92. The molecule has 0 saturated carbocycles. The Balaban J connectivity index is 1.99. The molecule has 0 aliphatic carbocycles. The molecule has 0 fully saturated rings. The van der Waals surface area contributed by atoms with Gasteiger partial charge in [-0.25, -0.2) is 0 Å². The van der Waals surface area contributed by atoms with Gasteiger partial charge in [0.2, 0.25) is 0 Å². The number of benzene rings is 2. The lowest BCUT2D eigenvalue weighted by Gasteiger charge is -2.06. The van der Waals surface area contributed by atoms with Crippen LogP contribution in [0.25, 0.3) is 11.6 Å². The molecular weight excluding hydrogens is 277 g/mol. The third-order valence-electron chi connectivity index (χ3n) is 3.75. The smallest absolute Gasteiger partial charge is 0.256 e. The molecule has 1 aliphatic rings. The van der Waals surface area contributed by atoms with E-state index in [1.165, 1.54) is 11.1 Å². The van der Waals surface area contributed by atoms with Crippen molar-refractivity contribution in [3.05, 3.63) is 64.7 Å². The van der Waals surface area contributed by atoms with E-state index in [9.17, 15) is 4.79 Å². The molecule has 3 rings (SSSR count). The number of amides is 1. The molecule has 0 aromatic heterocycles. The van der Waals surface area contributed by atoms with E-state index in [-0.39, 0.29) is 5.91 Å². The number of carbonyl (C=O) groups excluding carboxylic acids is 1. The van der Waals surface area contributed by atoms with Gasteiger partial charge in [0.25, 0.3) is 5.91 Å². The van der Waals surface area contributed by atoms with E-state index in [0.29, 0.717) is 0 Å². The third kappa shape index (κ3) is 2.77. The minimum absolute atomic E-state index is 0.0204. The molecule has 0 radical (unpaired) electrons. The number of aryl methyl sites for hydroxylation is 1. The van der Waals surface area contributed by atoms with E-state index in [2.05, 4.69) is 37.1 Å². The van der Waals surface area contributed by atoms with Crippen LogP contribution in [-0.2, 0) is 11.0 Å². The highest BCUT2D eigenvalue weighted by molar-refractivity contribution is 7.36. The third-order valence-corrected chi connectivity index (χ3v) is 4.49. The summed E-state index contributed by atoms with van der Waals surface area (Å²) in [5.74, 6) is -0.0204. The van der Waals surface area contributed by atoms with E-state index in [4.69, 9.17) is 0 Å². The van der Waals surface area contributed by atoms with Gasteiger partial charge in [0.15, 0.2) is 0 Å². The highest BCUT2D eigenvalue weighted by Gasteiger charge is 2.23. The molecule has 1 amide bonds. The molecule has 21 heavy (non-hydrogen) atoms. The van der Waals surface area contributed by atoms with Crippen LogP contribution in [0.1, 0.15) is 22.3 Å². The Labute approximate surface area is 127 Å². The number of anilines is 1. The SMILES string of the molecule is CPCc1ccc(/C=C2/C(=O)Nc3ccccc32)cc1C. The van der Waals surface area contributed by atoms with Gasteiger partial charge < -0.3 is 5.32 Å². The van der Waals surface area contributed by atoms with Crippen molar-refractivity contribution in [2.45, 2.75) is 13.1 Å². The maximum absolute atomic E-state index is 12.1. The minimum Gasteiger partial charge on any atom is -0.321 e. The van der Waals surface area contributed by atoms with Gasteiger partial charge in [0, 0.05) is 16.8 Å². The normalized spacial score (nSPS) is 15.7. The zero-order valence-corrected chi connectivity index (χ0v) is 13.2. The summed E-state index contributed by atoms with van der Waals surface area (Å²) in [6, 6.07) is 14.3. The molecule has 0 saturated heterocycles. The van der Waals surface area contributed by atoms with Gasteiger partial charge >= 0.3 is 0 Å². The molecule has 3 heteroatoms. The second kappa shape index (κ2) is 5.83. The Morgan fingerprint density at radius 2 is 2.00 bits per heavy atom. The fraction of sp³-hybridized carbons (Fsp3) is 0.167. The van der Waals surface area contributed by atoms with Gasteiger partial charge in [-0.15, -0.1) is 8.58 Å². The van der Waals surface area contributed by atoms with Crippen LogP contribution in [0.5, 0.6) is 0 Å². The number of carbonyl (C=O) groups is 1. The maximum Gasteiger partial charge on any atom is 0.256 e. The van der Waals surface area contributed by atoms with Crippen LogP contribution in [0.15, 0.2) is 42.5 Å². The molecular formula is C18H18NOP. The summed E-state index contributed by atoms with van der Waals surface area (Å²) < 4.78 is 0. The van der Waals surface area contributed by atoms with Crippen LogP contribution in [0, 0.1) is 6.92 Å². The van der Waals surface area contributed by atoms with E-state index >= 15 is 0 Å². The van der Waals surface area contributed by atoms with Crippen LogP contribution in [0.4, 0.5) is 5.69 Å². The number of para-hydroxylation sites is 1. The van der Waals surface area contributed by atoms with Crippen LogP contribution in [0.3, 0.4) is 0 Å². The van der Waals surface area contributed by atoms with Gasteiger partial charge in [-0.2, -0.15) is 0 Å². The summed E-state index contributed by atoms with van der Waals surface area (Å²) in [4.78, 5) is 12.1. The lowest BCUT2D eigenvalue weighted by Crippen LogP contribution is -2.03. The number of nitrogens with one attached hydrogen (secondary N) is 1. The Morgan fingerprint density at radius 1 is 1.19 bits per heavy atom. The fourth-order valence-electron chi connectivity index (χ4n) is 2.65. The number of rotatable bonds is 3. The van der Waals surface area contributed by atoms with Gasteiger partial charge in [-0.1, -0.05) is 36.4 Å². The Bertz CT molecular complexity index is 734. The van der Waals surface area contributed by atoms with Gasteiger partial charge in [-0.05, 0) is 48.6 Å². The van der Waals surface area contributed by atoms with Crippen molar-refractivity contribution in [1.29, 1.82) is 0 Å². The summed E-state index contributed by atoms with van der Waals surface area (Å²) in [6.07, 6.45) is 3.11. The van der Waals surface area contributed by atoms with Crippen LogP contribution in [-0.4, -0.2) is 12.6 Å². The molecule has 2 aromatic rings. The van der Waals surface area contributed by atoms with Crippen molar-refractivity contribution in [3.63, 3.8) is 0 Å². The number of fused-ring (bicyclic) bond motifs is 1. The minimum atomic E-state index is -0.0204. The van der Waals surface area contributed by atoms with E-state index in [0.717, 1.165) is 37.1 Å². The molecule has 2 aromatic carbocycles. The predicted octanol–water partition coefficient (Wildman–Crippen LogP) is 4.30. The van der Waals surface area contributed by atoms with Crippen molar-refractivity contribution in [2.24, 2.45) is 0 Å². The molecule has 2 nitrogen and oxygen atoms in total. The van der Waals surface area contributed by atoms with Crippen molar-refractivity contribution in [2.75, 3.05) is 12.0 Å². The number of hydrogen-bond acceptors (Lipinski definition) is 1. The Kier molecular flexibility index (Phi) is 3.90. The van der Waals surface area contributed by atoms with E-state index in [1.807, 2.05) is 30.3 Å². The topological polar surface area (TPSA) is 29.1 Å². The monoisotopic (exact) mass is 295 g/mol. The standard InChI is InChI=1S/C18H18NOP/c1-12-9-13(7-8-14(12)11-21-2)10-16-15-5-3-4-6-17(15)19-18(16)20/h3-10,21H,11H2,1-2H3,(H,19,20)/b16-10+. The van der Waals surface area contributed by atoms with Crippen molar-refractivity contribution >= 4 is 31.8 Å². The second-order valence-electron chi connectivity index (χ2n) is 5.27. The zero-order chi connectivity index (χ0) is 14.8. The summed E-state index contributed by atoms with van der Waals surface area (Å²) >= 11 is 0. The molecule has 1 aliphatic heterocycles. The van der Waals surface area contributed by atoms with Crippen LogP contribution >= 0.6 is 8.58 Å². The highest BCUT2D eigenvalue weighted by atomic mass is 31.1. The predicted molar refractivity (Wildman–Crippen MR) is 92.1 cm³/mol. The molecule has 1 heterocycles. The highest BCUT2D eigenvalue weighted by Crippen LogP contribution is 2.33. The van der Waals surface area contributed by atoms with Crippen molar-refractivity contribution < 1.29 is 4.79 Å². The molecule has 0 spiro atoms. The Morgan fingerprint density at radius 3 is 2.76 bits per heavy atom. The molecule has 106 valence electrons. The molecule has 1 N–H and O–H groups in total. The lowest BCUT2D eigenvalue weighted by molar-refractivity contribution is -0.110. The fourth-order valence-corrected chi connectivity index (χ4v) is 3.42. The first kappa shape index (κ1) is 14.0. The van der Waals surface area contributed by atoms with E-state index in [1.54, 1.807) is 0 Å². The first-order valence-electron chi connectivity index (χ1n) is 7.05. The van der Waals surface area contributed by atoms with Crippen LogP contribution in [0.2, 0.25) is 0 Å². The molecule has 1 unspecified atom stereocenters. The summed E-state index contributed by atoms with van der Waals surface area (Å²) in [6.45, 7) is 4.36. The average molecular weight is 295 g/mol. The maximum atomic E-state index is 12.1. The van der Waals surface area contributed by atoms with Gasteiger partial charge in [0.1, 0.15) is 0 Å². The first-order chi connectivity index (χ1) is 10.2. The number of hydrogen-bond donors (Lipinski definition) is 1.